The first kappa shape index (κ1) is 20.1. The van der Waals surface area contributed by atoms with E-state index in [0.29, 0.717) is 26.2 Å². The molecule has 30 heavy (non-hydrogen) atoms. The summed E-state index contributed by atoms with van der Waals surface area (Å²) in [4.78, 5) is 33.2. The molecule has 0 N–H and O–H groups in total. The molecule has 0 bridgehead atoms. The van der Waals surface area contributed by atoms with E-state index in [-0.39, 0.29) is 18.2 Å². The Labute approximate surface area is 177 Å². The highest BCUT2D eigenvalue weighted by atomic mass is 16.2. The van der Waals surface area contributed by atoms with Gasteiger partial charge in [0.2, 0.25) is 11.8 Å². The molecule has 3 heterocycles. The SMILES string of the molecule is CC(=O)N1CCN(C(=O)Cc2c(-c3ccc(C)c(C)c3)nc3cc(C)ccn23)CC1. The number of aryl methyl sites for hydroxylation is 3. The van der Waals surface area contributed by atoms with Gasteiger partial charge in [-0.1, -0.05) is 12.1 Å². The number of carbonyl (C=O) groups is 2. The number of imidazole rings is 1. The molecule has 0 spiro atoms. The van der Waals surface area contributed by atoms with Crippen LogP contribution in [0.1, 0.15) is 29.3 Å². The van der Waals surface area contributed by atoms with Crippen LogP contribution in [0.4, 0.5) is 0 Å². The van der Waals surface area contributed by atoms with Crippen LogP contribution in [0.5, 0.6) is 0 Å². The van der Waals surface area contributed by atoms with Gasteiger partial charge in [0.1, 0.15) is 5.65 Å². The van der Waals surface area contributed by atoms with Gasteiger partial charge >= 0.3 is 0 Å². The maximum absolute atomic E-state index is 13.1. The summed E-state index contributed by atoms with van der Waals surface area (Å²) < 4.78 is 2.03. The average molecular weight is 405 g/mol. The summed E-state index contributed by atoms with van der Waals surface area (Å²) >= 11 is 0. The van der Waals surface area contributed by atoms with E-state index in [4.69, 9.17) is 4.98 Å². The molecule has 3 aromatic rings. The molecule has 4 rings (SSSR count). The Morgan fingerprint density at radius 2 is 1.63 bits per heavy atom. The zero-order chi connectivity index (χ0) is 21.4. The highest BCUT2D eigenvalue weighted by Gasteiger charge is 2.25. The quantitative estimate of drug-likeness (QED) is 0.674. The smallest absolute Gasteiger partial charge is 0.228 e. The zero-order valence-electron chi connectivity index (χ0n) is 18.1. The van der Waals surface area contributed by atoms with E-state index in [2.05, 4.69) is 32.0 Å². The van der Waals surface area contributed by atoms with Crippen molar-refractivity contribution in [1.82, 2.24) is 19.2 Å². The fourth-order valence-corrected chi connectivity index (χ4v) is 4.01. The van der Waals surface area contributed by atoms with Gasteiger partial charge in [-0.05, 0) is 55.7 Å². The summed E-state index contributed by atoms with van der Waals surface area (Å²) in [5, 5.41) is 0. The maximum Gasteiger partial charge on any atom is 0.228 e. The predicted molar refractivity (Wildman–Crippen MR) is 117 cm³/mol. The van der Waals surface area contributed by atoms with Crippen LogP contribution in [0.3, 0.4) is 0 Å². The van der Waals surface area contributed by atoms with Crippen molar-refractivity contribution in [2.45, 2.75) is 34.1 Å². The number of hydrogen-bond acceptors (Lipinski definition) is 3. The zero-order valence-corrected chi connectivity index (χ0v) is 18.1. The second-order valence-corrected chi connectivity index (χ2v) is 8.20. The highest BCUT2D eigenvalue weighted by Crippen LogP contribution is 2.27. The number of benzene rings is 1. The molecular formula is C24H28N4O2. The first-order valence-corrected chi connectivity index (χ1v) is 10.4. The molecule has 0 radical (unpaired) electrons. The lowest BCUT2D eigenvalue weighted by Crippen LogP contribution is -2.50. The summed E-state index contributed by atoms with van der Waals surface area (Å²) in [5.41, 5.74) is 7.23. The maximum atomic E-state index is 13.1. The van der Waals surface area contributed by atoms with Gasteiger partial charge in [0, 0.05) is 44.9 Å². The monoisotopic (exact) mass is 404 g/mol. The third-order valence-electron chi connectivity index (χ3n) is 6.06. The Morgan fingerprint density at radius 3 is 2.30 bits per heavy atom. The molecule has 2 aromatic heterocycles. The van der Waals surface area contributed by atoms with Crippen LogP contribution in [0.15, 0.2) is 36.5 Å². The first-order chi connectivity index (χ1) is 14.3. The van der Waals surface area contributed by atoms with Crippen LogP contribution in [-0.4, -0.2) is 57.2 Å². The lowest BCUT2D eigenvalue weighted by atomic mass is 10.0. The molecule has 0 atom stereocenters. The van der Waals surface area contributed by atoms with Crippen molar-refractivity contribution in [3.05, 3.63) is 58.9 Å². The molecule has 0 unspecified atom stereocenters. The van der Waals surface area contributed by atoms with E-state index in [1.54, 1.807) is 11.8 Å². The topological polar surface area (TPSA) is 57.9 Å². The third-order valence-corrected chi connectivity index (χ3v) is 6.06. The van der Waals surface area contributed by atoms with Gasteiger partial charge in [0.15, 0.2) is 0 Å². The number of carbonyl (C=O) groups excluding carboxylic acids is 2. The second-order valence-electron chi connectivity index (χ2n) is 8.20. The number of nitrogens with zero attached hydrogens (tertiary/aromatic N) is 4. The van der Waals surface area contributed by atoms with Gasteiger partial charge in [0.25, 0.3) is 0 Å². The molecule has 156 valence electrons. The lowest BCUT2D eigenvalue weighted by Gasteiger charge is -2.34. The molecule has 2 amide bonds. The molecular weight excluding hydrogens is 376 g/mol. The molecule has 0 aliphatic carbocycles. The van der Waals surface area contributed by atoms with Gasteiger partial charge in [-0.15, -0.1) is 0 Å². The fraction of sp³-hybridized carbons (Fsp3) is 0.375. The number of amides is 2. The van der Waals surface area contributed by atoms with E-state index in [1.165, 1.54) is 11.1 Å². The standard InChI is InChI=1S/C24H28N4O2/c1-16-7-8-28-21(15-23(30)27-11-9-26(10-12-27)19(4)29)24(25-22(28)13-16)20-6-5-17(2)18(3)14-20/h5-8,13-14H,9-12,15H2,1-4H3. The number of pyridine rings is 1. The molecule has 1 aromatic carbocycles. The van der Waals surface area contributed by atoms with E-state index in [0.717, 1.165) is 28.2 Å². The largest absolute Gasteiger partial charge is 0.339 e. The summed E-state index contributed by atoms with van der Waals surface area (Å²) in [6, 6.07) is 10.4. The van der Waals surface area contributed by atoms with Gasteiger partial charge in [-0.2, -0.15) is 0 Å². The number of piperazine rings is 1. The van der Waals surface area contributed by atoms with Crippen LogP contribution in [0.2, 0.25) is 0 Å². The minimum Gasteiger partial charge on any atom is -0.339 e. The van der Waals surface area contributed by atoms with Crippen molar-refractivity contribution in [3.8, 4) is 11.3 Å². The van der Waals surface area contributed by atoms with Gasteiger partial charge < -0.3 is 14.2 Å². The summed E-state index contributed by atoms with van der Waals surface area (Å²) in [6.45, 7) is 10.2. The number of aromatic nitrogens is 2. The highest BCUT2D eigenvalue weighted by molar-refractivity contribution is 5.82. The molecule has 1 saturated heterocycles. The minimum atomic E-state index is 0.0660. The van der Waals surface area contributed by atoms with Crippen LogP contribution in [0, 0.1) is 20.8 Å². The molecule has 1 aliphatic rings. The molecule has 1 fully saturated rings. The van der Waals surface area contributed by atoms with E-state index in [1.807, 2.05) is 34.6 Å². The van der Waals surface area contributed by atoms with Crippen LogP contribution in [0.25, 0.3) is 16.9 Å². The van der Waals surface area contributed by atoms with Crippen molar-refractivity contribution >= 4 is 17.5 Å². The molecule has 1 aliphatic heterocycles. The Hall–Kier alpha value is -3.15. The average Bonchev–Trinajstić information content (AvgIpc) is 3.07. The minimum absolute atomic E-state index is 0.0660. The third kappa shape index (κ3) is 3.82. The number of hydrogen-bond donors (Lipinski definition) is 0. The van der Waals surface area contributed by atoms with Crippen molar-refractivity contribution in [2.24, 2.45) is 0 Å². The van der Waals surface area contributed by atoms with Gasteiger partial charge in [-0.25, -0.2) is 4.98 Å². The molecule has 6 heteroatoms. The van der Waals surface area contributed by atoms with Crippen molar-refractivity contribution in [1.29, 1.82) is 0 Å². The normalized spacial score (nSPS) is 14.4. The predicted octanol–water partition coefficient (Wildman–Crippen LogP) is 3.16. The van der Waals surface area contributed by atoms with Crippen molar-refractivity contribution in [2.75, 3.05) is 26.2 Å². The second kappa shape index (κ2) is 7.94. The Balaban J connectivity index is 1.68. The molecule has 0 saturated carbocycles. The van der Waals surface area contributed by atoms with Gasteiger partial charge in [0.05, 0.1) is 17.8 Å². The van der Waals surface area contributed by atoms with Gasteiger partial charge in [-0.3, -0.25) is 9.59 Å². The Morgan fingerprint density at radius 1 is 0.933 bits per heavy atom. The van der Waals surface area contributed by atoms with Crippen molar-refractivity contribution in [3.63, 3.8) is 0 Å². The summed E-state index contributed by atoms with van der Waals surface area (Å²) in [7, 11) is 0. The summed E-state index contributed by atoms with van der Waals surface area (Å²) in [6.07, 6.45) is 2.28. The van der Waals surface area contributed by atoms with Crippen LogP contribution >= 0.6 is 0 Å². The van der Waals surface area contributed by atoms with Crippen molar-refractivity contribution < 1.29 is 9.59 Å². The lowest BCUT2D eigenvalue weighted by molar-refractivity contribution is -0.138. The fourth-order valence-electron chi connectivity index (χ4n) is 4.01. The van der Waals surface area contributed by atoms with E-state index in [9.17, 15) is 9.59 Å². The van der Waals surface area contributed by atoms with Crippen LogP contribution in [-0.2, 0) is 16.0 Å². The summed E-state index contributed by atoms with van der Waals surface area (Å²) in [5.74, 6) is 0.141. The van der Waals surface area contributed by atoms with E-state index >= 15 is 0 Å². The number of fused-ring (bicyclic) bond motifs is 1. The Kier molecular flexibility index (Phi) is 5.33. The molecule has 6 nitrogen and oxygen atoms in total. The van der Waals surface area contributed by atoms with E-state index < -0.39 is 0 Å². The first-order valence-electron chi connectivity index (χ1n) is 10.4. The Bertz CT molecular complexity index is 1120. The number of rotatable bonds is 3. The van der Waals surface area contributed by atoms with Crippen LogP contribution < -0.4 is 0 Å².